The van der Waals surface area contributed by atoms with Crippen molar-refractivity contribution in [2.24, 2.45) is 16.6 Å². The van der Waals surface area contributed by atoms with Crippen LogP contribution in [0.15, 0.2) is 47.0 Å². The number of hydrogen-bond donors (Lipinski definition) is 1. The molecule has 2 N–H and O–H groups in total. The van der Waals surface area contributed by atoms with Gasteiger partial charge in [0.2, 0.25) is 5.91 Å². The Bertz CT molecular complexity index is 620. The first kappa shape index (κ1) is 14.8. The Morgan fingerprint density at radius 1 is 1.40 bits per heavy atom. The molecule has 0 aliphatic heterocycles. The lowest BCUT2D eigenvalue weighted by Crippen LogP contribution is -2.29. The zero-order chi connectivity index (χ0) is 14.7. The van der Waals surface area contributed by atoms with Crippen LogP contribution in [0.4, 0.5) is 0 Å². The van der Waals surface area contributed by atoms with Crippen molar-refractivity contribution < 1.29 is 4.79 Å². The zero-order valence-corrected chi connectivity index (χ0v) is 12.4. The summed E-state index contributed by atoms with van der Waals surface area (Å²) in [7, 11) is 0. The van der Waals surface area contributed by atoms with Crippen molar-refractivity contribution in [1.29, 1.82) is 0 Å². The van der Waals surface area contributed by atoms with Crippen LogP contribution < -0.4 is 5.73 Å². The maximum atomic E-state index is 11.4. The minimum Gasteiger partial charge on any atom is -0.366 e. The van der Waals surface area contributed by atoms with Crippen LogP contribution in [0.25, 0.3) is 0 Å². The lowest BCUT2D eigenvalue weighted by molar-refractivity contribution is -0.114. The number of carbonyl (C=O) groups is 1. The number of benzene rings is 1. The molecule has 0 saturated carbocycles. The van der Waals surface area contributed by atoms with E-state index in [2.05, 4.69) is 4.99 Å². The molecule has 0 saturated heterocycles. The van der Waals surface area contributed by atoms with E-state index in [1.165, 1.54) is 0 Å². The Kier molecular flexibility index (Phi) is 4.63. The van der Waals surface area contributed by atoms with E-state index in [0.717, 1.165) is 0 Å². The molecule has 1 aromatic rings. The van der Waals surface area contributed by atoms with Crippen molar-refractivity contribution in [2.75, 3.05) is 0 Å². The van der Waals surface area contributed by atoms with Crippen molar-refractivity contribution in [3.63, 3.8) is 0 Å². The van der Waals surface area contributed by atoms with E-state index in [9.17, 15) is 4.79 Å². The second-order valence-corrected chi connectivity index (χ2v) is 5.38. The highest BCUT2D eigenvalue weighted by Gasteiger charge is 2.24. The number of aliphatic imine (C=N–C) groups is 1. The average Bonchev–Trinajstić information content (AvgIpc) is 2.41. The number of rotatable bonds is 3. The predicted molar refractivity (Wildman–Crippen MR) is 83.4 cm³/mol. The Morgan fingerprint density at radius 2 is 2.15 bits per heavy atom. The minimum absolute atomic E-state index is 0.0942. The molecule has 0 heterocycles. The third kappa shape index (κ3) is 3.11. The first-order valence-electron chi connectivity index (χ1n) is 6.16. The molecule has 0 spiro atoms. The molecule has 0 bridgehead atoms. The number of hydrogen-bond acceptors (Lipinski definition) is 2. The zero-order valence-electron chi connectivity index (χ0n) is 10.9. The first-order chi connectivity index (χ1) is 9.50. The second-order valence-electron chi connectivity index (χ2n) is 4.60. The number of carbonyl (C=O) groups excluding carboxylic acids is 1. The summed E-state index contributed by atoms with van der Waals surface area (Å²) in [4.78, 5) is 15.9. The molecule has 2 atom stereocenters. The van der Waals surface area contributed by atoms with E-state index in [0.29, 0.717) is 21.2 Å². The standard InChI is InChI=1S/C15H14Cl2N2O/c1-9-4-2-6-11(15(18)20)14(9)19-8-10-5-3-7-12(16)13(10)17/h2-9,14H,1H3,(H2,18,20). The van der Waals surface area contributed by atoms with Gasteiger partial charge >= 0.3 is 0 Å². The molecule has 1 aliphatic rings. The average molecular weight is 309 g/mol. The molecule has 1 aliphatic carbocycles. The van der Waals surface area contributed by atoms with Gasteiger partial charge in [0, 0.05) is 23.3 Å². The lowest BCUT2D eigenvalue weighted by Gasteiger charge is -2.21. The van der Waals surface area contributed by atoms with Crippen LogP contribution >= 0.6 is 23.2 Å². The summed E-state index contributed by atoms with van der Waals surface area (Å²) in [6, 6.07) is 5.02. The Hall–Kier alpha value is -1.58. The minimum atomic E-state index is -0.458. The molecular formula is C15H14Cl2N2O. The largest absolute Gasteiger partial charge is 0.366 e. The number of allylic oxidation sites excluding steroid dienone is 2. The molecule has 2 unspecified atom stereocenters. The summed E-state index contributed by atoms with van der Waals surface area (Å²) < 4.78 is 0. The van der Waals surface area contributed by atoms with Gasteiger partial charge in [-0.2, -0.15) is 0 Å². The Morgan fingerprint density at radius 3 is 2.85 bits per heavy atom. The van der Waals surface area contributed by atoms with Crippen molar-refractivity contribution in [3.8, 4) is 0 Å². The quantitative estimate of drug-likeness (QED) is 0.855. The molecule has 5 heteroatoms. The fraction of sp³-hybridized carbons (Fsp3) is 0.200. The van der Waals surface area contributed by atoms with Crippen LogP contribution in [0.5, 0.6) is 0 Å². The normalized spacial score (nSPS) is 22.1. The molecule has 0 radical (unpaired) electrons. The lowest BCUT2D eigenvalue weighted by atomic mass is 9.90. The van der Waals surface area contributed by atoms with Gasteiger partial charge in [-0.05, 0) is 6.07 Å². The van der Waals surface area contributed by atoms with Gasteiger partial charge in [-0.25, -0.2) is 0 Å². The fourth-order valence-corrected chi connectivity index (χ4v) is 2.40. The van der Waals surface area contributed by atoms with Crippen LogP contribution in [0, 0.1) is 5.92 Å². The summed E-state index contributed by atoms with van der Waals surface area (Å²) >= 11 is 12.1. The van der Waals surface area contributed by atoms with Crippen molar-refractivity contribution in [1.82, 2.24) is 0 Å². The van der Waals surface area contributed by atoms with Gasteiger partial charge < -0.3 is 5.73 Å². The number of nitrogens with two attached hydrogens (primary N) is 1. The van der Waals surface area contributed by atoms with Gasteiger partial charge in [0.25, 0.3) is 0 Å². The number of nitrogens with zero attached hydrogens (tertiary/aromatic N) is 1. The first-order valence-corrected chi connectivity index (χ1v) is 6.91. The Balaban J connectivity index is 2.30. The van der Waals surface area contributed by atoms with Crippen molar-refractivity contribution >= 4 is 35.3 Å². The van der Waals surface area contributed by atoms with Gasteiger partial charge in [0.1, 0.15) is 0 Å². The molecule has 1 amide bonds. The smallest absolute Gasteiger partial charge is 0.246 e. The number of amides is 1. The van der Waals surface area contributed by atoms with Gasteiger partial charge in [-0.15, -0.1) is 0 Å². The highest BCUT2D eigenvalue weighted by molar-refractivity contribution is 6.43. The number of halogens is 2. The Labute approximate surface area is 127 Å². The summed E-state index contributed by atoms with van der Waals surface area (Å²) in [5.74, 6) is -0.364. The molecule has 0 aromatic heterocycles. The predicted octanol–water partition coefficient (Wildman–Crippen LogP) is 3.40. The highest BCUT2D eigenvalue weighted by Crippen LogP contribution is 2.26. The molecule has 104 valence electrons. The van der Waals surface area contributed by atoms with E-state index in [-0.39, 0.29) is 12.0 Å². The third-order valence-electron chi connectivity index (χ3n) is 3.15. The molecule has 0 fully saturated rings. The van der Waals surface area contributed by atoms with Crippen LogP contribution in [-0.4, -0.2) is 18.2 Å². The third-order valence-corrected chi connectivity index (χ3v) is 3.98. The van der Waals surface area contributed by atoms with E-state index in [1.807, 2.05) is 25.1 Å². The van der Waals surface area contributed by atoms with E-state index in [1.54, 1.807) is 24.4 Å². The van der Waals surface area contributed by atoms with E-state index in [4.69, 9.17) is 28.9 Å². The van der Waals surface area contributed by atoms with Gasteiger partial charge in [-0.1, -0.05) is 60.5 Å². The second kappa shape index (κ2) is 6.25. The number of primary amides is 1. The van der Waals surface area contributed by atoms with Gasteiger partial charge in [0.05, 0.1) is 16.1 Å². The van der Waals surface area contributed by atoms with Gasteiger partial charge in [-0.3, -0.25) is 9.79 Å². The van der Waals surface area contributed by atoms with E-state index < -0.39 is 5.91 Å². The van der Waals surface area contributed by atoms with Crippen LogP contribution in [0.1, 0.15) is 12.5 Å². The molecule has 2 rings (SSSR count). The molecular weight excluding hydrogens is 295 g/mol. The maximum absolute atomic E-state index is 11.4. The SMILES string of the molecule is CC1C=CC=C(C(N)=O)C1N=Cc1cccc(Cl)c1Cl. The van der Waals surface area contributed by atoms with Crippen LogP contribution in [-0.2, 0) is 4.79 Å². The van der Waals surface area contributed by atoms with E-state index >= 15 is 0 Å². The summed E-state index contributed by atoms with van der Waals surface area (Å²) in [6.07, 6.45) is 7.13. The topological polar surface area (TPSA) is 55.5 Å². The maximum Gasteiger partial charge on any atom is 0.246 e. The highest BCUT2D eigenvalue weighted by atomic mass is 35.5. The summed E-state index contributed by atoms with van der Waals surface area (Å²) in [5.41, 5.74) is 6.59. The van der Waals surface area contributed by atoms with Crippen molar-refractivity contribution in [2.45, 2.75) is 13.0 Å². The molecule has 3 nitrogen and oxygen atoms in total. The van der Waals surface area contributed by atoms with Crippen LogP contribution in [0.3, 0.4) is 0 Å². The van der Waals surface area contributed by atoms with Crippen molar-refractivity contribution in [3.05, 3.63) is 57.6 Å². The van der Waals surface area contributed by atoms with Gasteiger partial charge in [0.15, 0.2) is 0 Å². The molecule has 1 aromatic carbocycles. The monoisotopic (exact) mass is 308 g/mol. The summed E-state index contributed by atoms with van der Waals surface area (Å²) in [6.45, 7) is 1.98. The molecule has 20 heavy (non-hydrogen) atoms. The van der Waals surface area contributed by atoms with Crippen LogP contribution in [0.2, 0.25) is 10.0 Å². The summed E-state index contributed by atoms with van der Waals surface area (Å²) in [5, 5.41) is 0.916. The fourth-order valence-electron chi connectivity index (χ4n) is 2.05.